The largest absolute Gasteiger partial charge is 0.512 e. The van der Waals surface area contributed by atoms with Gasteiger partial charge in [-0.1, -0.05) is 130 Å². The van der Waals surface area contributed by atoms with Crippen LogP contribution in [0.15, 0.2) is 125 Å². The van der Waals surface area contributed by atoms with Crippen LogP contribution in [0.1, 0.15) is 111 Å². The minimum atomic E-state index is -0.284. The van der Waals surface area contributed by atoms with Crippen LogP contribution < -0.4 is 11.1 Å². The molecule has 4 unspecified atom stereocenters. The molecule has 276 valence electrons. The van der Waals surface area contributed by atoms with Gasteiger partial charge >= 0.3 is 0 Å². The van der Waals surface area contributed by atoms with E-state index in [-0.39, 0.29) is 30.1 Å². The van der Waals surface area contributed by atoms with E-state index in [0.717, 1.165) is 80.2 Å². The van der Waals surface area contributed by atoms with Crippen molar-refractivity contribution >= 4 is 23.4 Å². The Balaban J connectivity index is 1.22. The molecule has 4 aliphatic carbocycles. The Labute approximate surface area is 322 Å². The van der Waals surface area contributed by atoms with Crippen molar-refractivity contribution in [2.24, 2.45) is 22.6 Å². The van der Waals surface area contributed by atoms with Gasteiger partial charge in [0.2, 0.25) is 0 Å². The van der Waals surface area contributed by atoms with Crippen LogP contribution in [0.25, 0.3) is 28.9 Å². The molecular weight excluding hydrogens is 659 g/mol. The third-order valence-corrected chi connectivity index (χ3v) is 12.2. The summed E-state index contributed by atoms with van der Waals surface area (Å²) in [5.41, 5.74) is 24.1. The standard InChI is InChI=1S/C50H55N3O/c1-4-35(48(54)32(2)3)36-23-11-12-24-37(36)46-38-25-13-15-27-40(38)47(41-28-16-14-26-39(41)46)42-29-17-18-30-43(42)49(51)53-50-44(33-19-7-5-8-20-33)31-45(52-50)34-21-9-6-10-22-34/h5-7,9-13,16,18-19,21-25,28,30-32,42-43,49-50,53-54H,4,8,14-15,17,20,26-27,29,51H2,1-3H3/b48-35-. The highest BCUT2D eigenvalue weighted by atomic mass is 16.3. The Bertz CT molecular complexity index is 2150. The number of aliphatic hydroxyl groups is 1. The van der Waals surface area contributed by atoms with Crippen LogP contribution in [-0.4, -0.2) is 23.1 Å². The van der Waals surface area contributed by atoms with Crippen molar-refractivity contribution < 1.29 is 5.11 Å². The molecule has 0 radical (unpaired) electrons. The zero-order valence-electron chi connectivity index (χ0n) is 32.2. The number of benzene rings is 3. The SMILES string of the molecule is CC/C(=C(/O)C(C)C)c1ccccc1-c1c2c(c(C3CCC=CC3C(N)NC3N=C(c4ccccc4)C=C3C3=CC=CCC3)c3c1CCC=C3)CCC=C2. The van der Waals surface area contributed by atoms with E-state index < -0.39 is 0 Å². The molecule has 0 bridgehead atoms. The Morgan fingerprint density at radius 2 is 1.61 bits per heavy atom. The molecule has 4 N–H and O–H groups in total. The predicted molar refractivity (Wildman–Crippen MR) is 228 cm³/mol. The molecule has 0 aromatic heterocycles. The molecule has 0 saturated heterocycles. The van der Waals surface area contributed by atoms with Gasteiger partial charge in [0.1, 0.15) is 6.17 Å². The number of rotatable bonds is 10. The van der Waals surface area contributed by atoms with Gasteiger partial charge in [-0.3, -0.25) is 10.3 Å². The summed E-state index contributed by atoms with van der Waals surface area (Å²) in [5.74, 6) is 0.951. The van der Waals surface area contributed by atoms with Gasteiger partial charge in [0.05, 0.1) is 17.6 Å². The van der Waals surface area contributed by atoms with Crippen LogP contribution >= 0.6 is 0 Å². The summed E-state index contributed by atoms with van der Waals surface area (Å²) in [5, 5.41) is 15.2. The normalized spacial score (nSPS) is 22.7. The lowest BCUT2D eigenvalue weighted by molar-refractivity contribution is 0.326. The molecule has 3 aromatic rings. The van der Waals surface area contributed by atoms with Gasteiger partial charge in [0.15, 0.2) is 0 Å². The summed E-state index contributed by atoms with van der Waals surface area (Å²) in [4.78, 5) is 5.29. The fourth-order valence-electron chi connectivity index (χ4n) is 9.57. The van der Waals surface area contributed by atoms with E-state index in [1.807, 2.05) is 0 Å². The Morgan fingerprint density at radius 1 is 0.870 bits per heavy atom. The molecule has 4 atom stereocenters. The van der Waals surface area contributed by atoms with Gasteiger partial charge in [-0.05, 0) is 137 Å². The molecule has 3 aromatic carbocycles. The topological polar surface area (TPSA) is 70.6 Å². The molecule has 4 nitrogen and oxygen atoms in total. The quantitative estimate of drug-likeness (QED) is 0.111. The molecule has 8 rings (SSSR count). The van der Waals surface area contributed by atoms with E-state index in [1.165, 1.54) is 50.1 Å². The van der Waals surface area contributed by atoms with Crippen molar-refractivity contribution in [2.45, 2.75) is 96.8 Å². The van der Waals surface area contributed by atoms with E-state index in [4.69, 9.17) is 10.7 Å². The Hall–Kier alpha value is -4.77. The Morgan fingerprint density at radius 3 is 2.37 bits per heavy atom. The van der Waals surface area contributed by atoms with Gasteiger partial charge in [-0.2, -0.15) is 0 Å². The number of nitrogens with two attached hydrogens (primary N) is 1. The summed E-state index contributed by atoms with van der Waals surface area (Å²) >= 11 is 0. The van der Waals surface area contributed by atoms with Crippen molar-refractivity contribution in [1.82, 2.24) is 5.32 Å². The molecule has 5 aliphatic rings. The second-order valence-electron chi connectivity index (χ2n) is 15.8. The Kier molecular flexibility index (Phi) is 10.7. The lowest BCUT2D eigenvalue weighted by Gasteiger charge is -2.38. The second kappa shape index (κ2) is 15.9. The van der Waals surface area contributed by atoms with Crippen LogP contribution in [0.2, 0.25) is 0 Å². The fraction of sp³-hybridized carbons (Fsp3) is 0.340. The highest BCUT2D eigenvalue weighted by Gasteiger charge is 2.37. The predicted octanol–water partition coefficient (Wildman–Crippen LogP) is 11.6. The van der Waals surface area contributed by atoms with Gasteiger partial charge in [0, 0.05) is 11.8 Å². The summed E-state index contributed by atoms with van der Waals surface area (Å²) in [6, 6.07) is 19.3. The summed E-state index contributed by atoms with van der Waals surface area (Å²) < 4.78 is 0. The number of nitrogens with zero attached hydrogens (tertiary/aromatic N) is 1. The second-order valence-corrected chi connectivity index (χ2v) is 15.8. The molecule has 0 fully saturated rings. The summed E-state index contributed by atoms with van der Waals surface area (Å²) in [7, 11) is 0. The molecule has 1 aliphatic heterocycles. The molecule has 0 spiro atoms. The summed E-state index contributed by atoms with van der Waals surface area (Å²) in [6.07, 6.45) is 31.8. The van der Waals surface area contributed by atoms with Crippen LogP contribution in [-0.2, 0) is 12.8 Å². The van der Waals surface area contributed by atoms with Gasteiger partial charge < -0.3 is 10.8 Å². The molecule has 0 amide bonds. The zero-order chi connectivity index (χ0) is 37.2. The van der Waals surface area contributed by atoms with Crippen LogP contribution in [0.5, 0.6) is 0 Å². The number of hydrogen-bond donors (Lipinski definition) is 3. The van der Waals surface area contributed by atoms with E-state index in [0.29, 0.717) is 5.76 Å². The van der Waals surface area contributed by atoms with E-state index >= 15 is 0 Å². The van der Waals surface area contributed by atoms with Gasteiger partial charge in [-0.15, -0.1) is 0 Å². The third kappa shape index (κ3) is 6.87. The average Bonchev–Trinajstić information content (AvgIpc) is 3.64. The van der Waals surface area contributed by atoms with Crippen molar-refractivity contribution in [3.8, 4) is 11.1 Å². The average molecular weight is 714 g/mol. The molecule has 1 heterocycles. The monoisotopic (exact) mass is 713 g/mol. The van der Waals surface area contributed by atoms with Crippen molar-refractivity contribution in [2.75, 3.05) is 0 Å². The lowest BCUT2D eigenvalue weighted by atomic mass is 9.68. The van der Waals surface area contributed by atoms with Crippen LogP contribution in [0.4, 0.5) is 0 Å². The van der Waals surface area contributed by atoms with E-state index in [1.54, 1.807) is 0 Å². The maximum absolute atomic E-state index is 11.4. The highest BCUT2D eigenvalue weighted by Crippen LogP contribution is 2.49. The first kappa shape index (κ1) is 36.2. The van der Waals surface area contributed by atoms with Crippen molar-refractivity contribution in [3.63, 3.8) is 0 Å². The van der Waals surface area contributed by atoms with E-state index in [9.17, 15) is 5.11 Å². The smallest absolute Gasteiger partial charge is 0.127 e. The molecule has 4 heteroatoms. The number of hydrogen-bond acceptors (Lipinski definition) is 4. The fourth-order valence-corrected chi connectivity index (χ4v) is 9.57. The number of fused-ring (bicyclic) bond motifs is 2. The van der Waals surface area contributed by atoms with E-state index in [2.05, 4.69) is 141 Å². The first-order chi connectivity index (χ1) is 26.4. The molecule has 0 saturated carbocycles. The maximum atomic E-state index is 11.4. The van der Waals surface area contributed by atoms with Crippen molar-refractivity contribution in [3.05, 3.63) is 159 Å². The maximum Gasteiger partial charge on any atom is 0.127 e. The number of nitrogens with one attached hydrogen (secondary N) is 1. The lowest BCUT2D eigenvalue weighted by Crippen LogP contribution is -2.50. The molecule has 54 heavy (non-hydrogen) atoms. The minimum Gasteiger partial charge on any atom is -0.512 e. The van der Waals surface area contributed by atoms with Gasteiger partial charge in [-0.25, -0.2) is 0 Å². The third-order valence-electron chi connectivity index (χ3n) is 12.2. The number of aliphatic hydroxyl groups excluding tert-OH is 1. The number of allylic oxidation sites excluding steroid dienone is 9. The highest BCUT2D eigenvalue weighted by molar-refractivity contribution is 6.11. The first-order valence-corrected chi connectivity index (χ1v) is 20.4. The van der Waals surface area contributed by atoms with Crippen LogP contribution in [0.3, 0.4) is 0 Å². The first-order valence-electron chi connectivity index (χ1n) is 20.4. The van der Waals surface area contributed by atoms with Gasteiger partial charge in [0.25, 0.3) is 0 Å². The van der Waals surface area contributed by atoms with Crippen molar-refractivity contribution in [1.29, 1.82) is 0 Å². The zero-order valence-corrected chi connectivity index (χ0v) is 32.2. The molecular formula is C50H55N3O. The summed E-state index contributed by atoms with van der Waals surface area (Å²) in [6.45, 7) is 6.32. The number of aliphatic imine (C=N–C) groups is 1. The van der Waals surface area contributed by atoms with Crippen LogP contribution in [0, 0.1) is 11.8 Å². The minimum absolute atomic E-state index is 0.0674.